The van der Waals surface area contributed by atoms with E-state index in [1.807, 2.05) is 17.9 Å². The van der Waals surface area contributed by atoms with E-state index in [0.29, 0.717) is 24.1 Å². The Morgan fingerprint density at radius 3 is 2.92 bits per heavy atom. The van der Waals surface area contributed by atoms with Crippen molar-refractivity contribution in [2.24, 2.45) is 0 Å². The standard InChI is InChI=1S/C18H20N4O2S/c1-10-9-25-18-16(19-11(2)22(10)18)13-5-6-21(8-13)17(23)14-7-15(24-20-14)12-3-4-12/h7,9,12-13H,3-6,8H2,1-2H3/t13-/m1/s1. The lowest BCUT2D eigenvalue weighted by molar-refractivity contribution is 0.0780. The summed E-state index contributed by atoms with van der Waals surface area (Å²) < 4.78 is 7.55. The highest BCUT2D eigenvalue weighted by Gasteiger charge is 2.34. The summed E-state index contributed by atoms with van der Waals surface area (Å²) in [5, 5.41) is 6.16. The van der Waals surface area contributed by atoms with E-state index in [1.165, 1.54) is 10.5 Å². The first kappa shape index (κ1) is 15.1. The highest BCUT2D eigenvalue weighted by molar-refractivity contribution is 7.15. The molecule has 2 aliphatic rings. The van der Waals surface area contributed by atoms with Crippen molar-refractivity contribution < 1.29 is 9.32 Å². The van der Waals surface area contributed by atoms with Crippen LogP contribution in [-0.2, 0) is 0 Å². The van der Waals surface area contributed by atoms with Crippen molar-refractivity contribution in [3.8, 4) is 0 Å². The number of nitrogens with zero attached hydrogens (tertiary/aromatic N) is 4. The third kappa shape index (κ3) is 2.40. The minimum atomic E-state index is -0.0207. The number of hydrogen-bond acceptors (Lipinski definition) is 5. The van der Waals surface area contributed by atoms with E-state index >= 15 is 0 Å². The fourth-order valence-electron chi connectivity index (χ4n) is 3.80. The van der Waals surface area contributed by atoms with Gasteiger partial charge in [-0.25, -0.2) is 4.98 Å². The average Bonchev–Trinajstić information content (AvgIpc) is 3.01. The molecule has 0 unspecified atom stereocenters. The molecular weight excluding hydrogens is 336 g/mol. The first-order valence-corrected chi connectivity index (χ1v) is 9.68. The number of fused-ring (bicyclic) bond motifs is 1. The van der Waals surface area contributed by atoms with Crippen LogP contribution in [0.25, 0.3) is 4.83 Å². The molecule has 25 heavy (non-hydrogen) atoms. The molecule has 0 bridgehead atoms. The minimum absolute atomic E-state index is 0.0207. The van der Waals surface area contributed by atoms with Crippen molar-refractivity contribution in [3.63, 3.8) is 0 Å². The minimum Gasteiger partial charge on any atom is -0.360 e. The Hall–Kier alpha value is -2.15. The normalized spacial score (nSPS) is 20.7. The molecule has 2 fully saturated rings. The van der Waals surface area contributed by atoms with Crippen molar-refractivity contribution in [1.82, 2.24) is 19.4 Å². The van der Waals surface area contributed by atoms with Gasteiger partial charge in [0.05, 0.1) is 5.69 Å². The summed E-state index contributed by atoms with van der Waals surface area (Å²) in [5.74, 6) is 2.64. The molecule has 0 aromatic carbocycles. The third-order valence-electron chi connectivity index (χ3n) is 5.31. The summed E-state index contributed by atoms with van der Waals surface area (Å²) in [6, 6.07) is 1.83. The van der Waals surface area contributed by atoms with Gasteiger partial charge < -0.3 is 9.42 Å². The van der Waals surface area contributed by atoms with Gasteiger partial charge in [-0.05, 0) is 33.1 Å². The van der Waals surface area contributed by atoms with Crippen LogP contribution in [0.1, 0.15) is 64.6 Å². The molecule has 130 valence electrons. The molecule has 4 heterocycles. The van der Waals surface area contributed by atoms with Crippen molar-refractivity contribution in [2.45, 2.75) is 44.9 Å². The first-order chi connectivity index (χ1) is 12.1. The maximum atomic E-state index is 12.7. The molecule has 5 rings (SSSR count). The molecule has 1 aliphatic carbocycles. The Kier molecular flexibility index (Phi) is 3.28. The lowest BCUT2D eigenvalue weighted by Gasteiger charge is -2.14. The molecule has 0 N–H and O–H groups in total. The summed E-state index contributed by atoms with van der Waals surface area (Å²) in [4.78, 5) is 20.6. The summed E-state index contributed by atoms with van der Waals surface area (Å²) >= 11 is 1.74. The number of hydrogen-bond donors (Lipinski definition) is 0. The van der Waals surface area contributed by atoms with E-state index in [4.69, 9.17) is 9.51 Å². The fourth-order valence-corrected chi connectivity index (χ4v) is 4.90. The molecule has 1 saturated heterocycles. The van der Waals surface area contributed by atoms with Crippen LogP contribution in [0.3, 0.4) is 0 Å². The Balaban J connectivity index is 1.37. The monoisotopic (exact) mass is 356 g/mol. The van der Waals surface area contributed by atoms with Crippen LogP contribution in [0.2, 0.25) is 0 Å². The second-order valence-corrected chi connectivity index (χ2v) is 8.05. The van der Waals surface area contributed by atoms with E-state index in [-0.39, 0.29) is 5.91 Å². The molecule has 1 aliphatic heterocycles. The van der Waals surface area contributed by atoms with Crippen LogP contribution in [0.4, 0.5) is 0 Å². The number of aromatic nitrogens is 3. The van der Waals surface area contributed by atoms with Gasteiger partial charge in [-0.3, -0.25) is 9.20 Å². The Bertz CT molecular complexity index is 965. The van der Waals surface area contributed by atoms with Crippen LogP contribution in [0, 0.1) is 13.8 Å². The summed E-state index contributed by atoms with van der Waals surface area (Å²) in [6.07, 6.45) is 3.23. The number of carbonyl (C=O) groups excluding carboxylic acids is 1. The lowest BCUT2D eigenvalue weighted by atomic mass is 10.1. The van der Waals surface area contributed by atoms with E-state index in [1.54, 1.807) is 11.3 Å². The number of aryl methyl sites for hydroxylation is 2. The first-order valence-electron chi connectivity index (χ1n) is 8.80. The molecule has 0 spiro atoms. The summed E-state index contributed by atoms with van der Waals surface area (Å²) in [6.45, 7) is 5.60. The molecule has 1 atom stereocenters. The molecule has 3 aromatic rings. The van der Waals surface area contributed by atoms with Crippen molar-refractivity contribution in [3.05, 3.63) is 40.1 Å². The van der Waals surface area contributed by atoms with Gasteiger partial charge in [0.25, 0.3) is 5.91 Å². The van der Waals surface area contributed by atoms with Crippen LogP contribution in [0.15, 0.2) is 16.0 Å². The zero-order valence-corrected chi connectivity index (χ0v) is 15.2. The molecule has 1 amide bonds. The van der Waals surface area contributed by atoms with Gasteiger partial charge in [0.1, 0.15) is 16.4 Å². The van der Waals surface area contributed by atoms with Gasteiger partial charge in [-0.1, -0.05) is 5.16 Å². The van der Waals surface area contributed by atoms with Gasteiger partial charge >= 0.3 is 0 Å². The molecular formula is C18H20N4O2S. The largest absolute Gasteiger partial charge is 0.360 e. The second kappa shape index (κ2) is 5.42. The number of carbonyl (C=O) groups is 1. The van der Waals surface area contributed by atoms with E-state index in [0.717, 1.165) is 43.1 Å². The molecule has 3 aromatic heterocycles. The zero-order chi connectivity index (χ0) is 17.1. The van der Waals surface area contributed by atoms with Crippen LogP contribution >= 0.6 is 11.3 Å². The Labute approximate surface area is 149 Å². The van der Waals surface area contributed by atoms with Crippen molar-refractivity contribution >= 4 is 22.1 Å². The molecule has 0 radical (unpaired) electrons. The average molecular weight is 356 g/mol. The summed E-state index contributed by atoms with van der Waals surface area (Å²) in [5.41, 5.74) is 2.79. The fraction of sp³-hybridized carbons (Fsp3) is 0.500. The Morgan fingerprint density at radius 1 is 1.28 bits per heavy atom. The van der Waals surface area contributed by atoms with Crippen LogP contribution < -0.4 is 0 Å². The van der Waals surface area contributed by atoms with E-state index in [2.05, 4.69) is 21.9 Å². The van der Waals surface area contributed by atoms with Gasteiger partial charge in [-0.15, -0.1) is 11.3 Å². The highest BCUT2D eigenvalue weighted by Crippen LogP contribution is 2.40. The van der Waals surface area contributed by atoms with E-state index in [9.17, 15) is 4.79 Å². The molecule has 1 saturated carbocycles. The van der Waals surface area contributed by atoms with Crippen molar-refractivity contribution in [1.29, 1.82) is 0 Å². The van der Waals surface area contributed by atoms with E-state index < -0.39 is 0 Å². The second-order valence-electron chi connectivity index (χ2n) is 7.19. The van der Waals surface area contributed by atoms with Crippen molar-refractivity contribution in [2.75, 3.05) is 13.1 Å². The predicted octanol–water partition coefficient (Wildman–Crippen LogP) is 3.51. The number of likely N-dealkylation sites (tertiary alicyclic amines) is 1. The number of amides is 1. The number of rotatable bonds is 3. The number of thiazole rings is 1. The predicted molar refractivity (Wildman–Crippen MR) is 94.3 cm³/mol. The van der Waals surface area contributed by atoms with Gasteiger partial charge in [0.2, 0.25) is 0 Å². The summed E-state index contributed by atoms with van der Waals surface area (Å²) in [7, 11) is 0. The van der Waals surface area contributed by atoms with Gasteiger partial charge in [0.15, 0.2) is 5.69 Å². The molecule has 7 heteroatoms. The molecule has 6 nitrogen and oxygen atoms in total. The van der Waals surface area contributed by atoms with Gasteiger partial charge in [-0.2, -0.15) is 0 Å². The third-order valence-corrected chi connectivity index (χ3v) is 6.39. The van der Waals surface area contributed by atoms with Gasteiger partial charge in [0, 0.05) is 42.1 Å². The zero-order valence-electron chi connectivity index (χ0n) is 14.4. The maximum Gasteiger partial charge on any atom is 0.276 e. The smallest absolute Gasteiger partial charge is 0.276 e. The Morgan fingerprint density at radius 2 is 2.12 bits per heavy atom. The lowest BCUT2D eigenvalue weighted by Crippen LogP contribution is -2.28. The number of imidazole rings is 1. The highest BCUT2D eigenvalue weighted by atomic mass is 32.1. The van der Waals surface area contributed by atoms with Crippen LogP contribution in [0.5, 0.6) is 0 Å². The van der Waals surface area contributed by atoms with Crippen LogP contribution in [-0.4, -0.2) is 38.4 Å². The maximum absolute atomic E-state index is 12.7. The quantitative estimate of drug-likeness (QED) is 0.720. The SMILES string of the molecule is Cc1csc2c([C@@H]3CCN(C(=O)c4cc(C5CC5)on4)C3)nc(C)n12. The topological polar surface area (TPSA) is 63.6 Å².